The van der Waals surface area contributed by atoms with Gasteiger partial charge in [-0.3, -0.25) is 9.48 Å². The van der Waals surface area contributed by atoms with Crippen LogP contribution < -0.4 is 0 Å². The van der Waals surface area contributed by atoms with Gasteiger partial charge in [0.15, 0.2) is 5.78 Å². The molecule has 0 N–H and O–H groups in total. The van der Waals surface area contributed by atoms with Crippen LogP contribution in [0.25, 0.3) is 11.1 Å². The summed E-state index contributed by atoms with van der Waals surface area (Å²) in [5, 5.41) is 4.28. The van der Waals surface area contributed by atoms with Gasteiger partial charge < -0.3 is 0 Å². The maximum Gasteiger partial charge on any atom is 0.159 e. The number of aromatic nitrogens is 2. The molecule has 2 rings (SSSR count). The van der Waals surface area contributed by atoms with Crippen LogP contribution in [0.3, 0.4) is 0 Å². The van der Waals surface area contributed by atoms with Gasteiger partial charge in [0.1, 0.15) is 0 Å². The number of ketones is 1. The summed E-state index contributed by atoms with van der Waals surface area (Å²) in [6.07, 6.45) is 4.73. The molecule has 0 saturated heterocycles. The molecular formula is C14H15ClN2O. The van der Waals surface area contributed by atoms with E-state index < -0.39 is 0 Å². The second-order valence-corrected chi connectivity index (χ2v) is 4.55. The molecule has 1 aromatic carbocycles. The van der Waals surface area contributed by atoms with E-state index in [2.05, 4.69) is 5.10 Å². The minimum absolute atomic E-state index is 0.0827. The first-order chi connectivity index (χ1) is 8.70. The second kappa shape index (κ2) is 5.83. The van der Waals surface area contributed by atoms with Gasteiger partial charge in [0.2, 0.25) is 0 Å². The fraction of sp³-hybridized carbons (Fsp3) is 0.286. The van der Waals surface area contributed by atoms with Crippen molar-refractivity contribution in [1.82, 2.24) is 9.78 Å². The summed E-state index contributed by atoms with van der Waals surface area (Å²) in [5.41, 5.74) is 2.85. The molecule has 0 spiro atoms. The second-order valence-electron chi connectivity index (χ2n) is 4.17. The van der Waals surface area contributed by atoms with E-state index in [1.165, 1.54) is 0 Å². The van der Waals surface area contributed by atoms with Crippen molar-refractivity contribution in [3.05, 3.63) is 42.2 Å². The monoisotopic (exact) mass is 262 g/mol. The maximum absolute atomic E-state index is 11.2. The lowest BCUT2D eigenvalue weighted by molar-refractivity contribution is 0.101. The van der Waals surface area contributed by atoms with Crippen LogP contribution >= 0.6 is 11.6 Å². The first kappa shape index (κ1) is 12.8. The molecule has 3 nitrogen and oxygen atoms in total. The van der Waals surface area contributed by atoms with Crippen molar-refractivity contribution in [2.45, 2.75) is 19.9 Å². The smallest absolute Gasteiger partial charge is 0.159 e. The van der Waals surface area contributed by atoms with Gasteiger partial charge in [-0.25, -0.2) is 0 Å². The lowest BCUT2D eigenvalue weighted by Gasteiger charge is -1.99. The van der Waals surface area contributed by atoms with Gasteiger partial charge in [-0.2, -0.15) is 5.10 Å². The Morgan fingerprint density at radius 3 is 2.61 bits per heavy atom. The molecule has 4 heteroatoms. The summed E-state index contributed by atoms with van der Waals surface area (Å²) in [5.74, 6) is 0.724. The molecule has 0 aliphatic rings. The van der Waals surface area contributed by atoms with Gasteiger partial charge in [0.05, 0.1) is 6.20 Å². The third-order valence-electron chi connectivity index (χ3n) is 2.78. The molecular weight excluding hydrogens is 248 g/mol. The van der Waals surface area contributed by atoms with E-state index in [1.54, 1.807) is 6.92 Å². The number of rotatable bonds is 5. The van der Waals surface area contributed by atoms with Crippen molar-refractivity contribution in [2.75, 3.05) is 5.88 Å². The molecule has 0 aliphatic heterocycles. The Kier molecular flexibility index (Phi) is 4.15. The minimum Gasteiger partial charge on any atom is -0.295 e. The van der Waals surface area contributed by atoms with Crippen LogP contribution in [-0.2, 0) is 6.54 Å². The Bertz CT molecular complexity index is 531. The van der Waals surface area contributed by atoms with Crippen molar-refractivity contribution in [3.63, 3.8) is 0 Å². The zero-order valence-electron chi connectivity index (χ0n) is 10.3. The molecule has 0 atom stereocenters. The molecule has 0 amide bonds. The van der Waals surface area contributed by atoms with Crippen LogP contribution in [0.4, 0.5) is 0 Å². The van der Waals surface area contributed by atoms with Crippen molar-refractivity contribution < 1.29 is 4.79 Å². The molecule has 1 heterocycles. The highest BCUT2D eigenvalue weighted by Gasteiger charge is 2.03. The Hall–Kier alpha value is -1.61. The van der Waals surface area contributed by atoms with E-state index in [-0.39, 0.29) is 5.78 Å². The van der Waals surface area contributed by atoms with Gasteiger partial charge >= 0.3 is 0 Å². The van der Waals surface area contributed by atoms with Crippen LogP contribution in [-0.4, -0.2) is 21.4 Å². The van der Waals surface area contributed by atoms with Crippen LogP contribution in [0.1, 0.15) is 23.7 Å². The largest absolute Gasteiger partial charge is 0.295 e. The average molecular weight is 263 g/mol. The fourth-order valence-corrected chi connectivity index (χ4v) is 1.87. The average Bonchev–Trinajstić information content (AvgIpc) is 2.85. The fourth-order valence-electron chi connectivity index (χ4n) is 1.75. The highest BCUT2D eigenvalue weighted by atomic mass is 35.5. The number of Topliss-reactive ketones (excluding diaryl/α,β-unsaturated/α-hetero) is 1. The molecule has 1 aromatic heterocycles. The normalized spacial score (nSPS) is 10.6. The quantitative estimate of drug-likeness (QED) is 0.612. The SMILES string of the molecule is CC(=O)c1ccc(-c2cnn(CCCCl)c2)cc1. The van der Waals surface area contributed by atoms with Crippen LogP contribution in [0, 0.1) is 0 Å². The predicted molar refractivity (Wildman–Crippen MR) is 73.0 cm³/mol. The lowest BCUT2D eigenvalue weighted by atomic mass is 10.1. The third-order valence-corrected chi connectivity index (χ3v) is 3.05. The number of nitrogens with zero attached hydrogens (tertiary/aromatic N) is 2. The summed E-state index contributed by atoms with van der Waals surface area (Å²) in [6.45, 7) is 2.40. The topological polar surface area (TPSA) is 34.9 Å². The standard InChI is InChI=1S/C14H15ClN2O/c1-11(18)12-3-5-13(6-4-12)14-9-16-17(10-14)8-2-7-15/h3-6,9-10H,2,7-8H2,1H3. The van der Waals surface area contributed by atoms with E-state index in [1.807, 2.05) is 41.3 Å². The molecule has 0 bridgehead atoms. The number of aryl methyl sites for hydroxylation is 1. The molecule has 0 aliphatic carbocycles. The van der Waals surface area contributed by atoms with Crippen LogP contribution in [0.15, 0.2) is 36.7 Å². The van der Waals surface area contributed by atoms with Gasteiger partial charge in [-0.05, 0) is 18.9 Å². The van der Waals surface area contributed by atoms with Crippen molar-refractivity contribution in [1.29, 1.82) is 0 Å². The molecule has 2 aromatic rings. The zero-order chi connectivity index (χ0) is 13.0. The number of carbonyl (C=O) groups excluding carboxylic acids is 1. The van der Waals surface area contributed by atoms with E-state index in [9.17, 15) is 4.79 Å². The predicted octanol–water partition coefficient (Wildman–Crippen LogP) is 3.38. The Morgan fingerprint density at radius 1 is 1.28 bits per heavy atom. The van der Waals surface area contributed by atoms with Gasteiger partial charge in [0.25, 0.3) is 0 Å². The number of hydrogen-bond donors (Lipinski definition) is 0. The van der Waals surface area contributed by atoms with E-state index in [0.717, 1.165) is 29.7 Å². The first-order valence-corrected chi connectivity index (χ1v) is 6.44. The highest BCUT2D eigenvalue weighted by molar-refractivity contribution is 6.17. The van der Waals surface area contributed by atoms with Crippen molar-refractivity contribution >= 4 is 17.4 Å². The van der Waals surface area contributed by atoms with E-state index >= 15 is 0 Å². The number of halogens is 1. The highest BCUT2D eigenvalue weighted by Crippen LogP contribution is 2.19. The Balaban J connectivity index is 2.15. The lowest BCUT2D eigenvalue weighted by Crippen LogP contribution is -1.98. The summed E-state index contributed by atoms with van der Waals surface area (Å²) >= 11 is 5.65. The van der Waals surface area contributed by atoms with Gasteiger partial charge in [-0.1, -0.05) is 24.3 Å². The van der Waals surface area contributed by atoms with Crippen molar-refractivity contribution in [2.24, 2.45) is 0 Å². The summed E-state index contributed by atoms with van der Waals surface area (Å²) in [4.78, 5) is 11.2. The first-order valence-electron chi connectivity index (χ1n) is 5.90. The molecule has 94 valence electrons. The van der Waals surface area contributed by atoms with E-state index in [0.29, 0.717) is 5.88 Å². The van der Waals surface area contributed by atoms with E-state index in [4.69, 9.17) is 11.6 Å². The zero-order valence-corrected chi connectivity index (χ0v) is 11.0. The van der Waals surface area contributed by atoms with Crippen LogP contribution in [0.2, 0.25) is 0 Å². The number of benzene rings is 1. The summed E-state index contributed by atoms with van der Waals surface area (Å²) in [7, 11) is 0. The molecule has 0 unspecified atom stereocenters. The Morgan fingerprint density at radius 2 is 2.00 bits per heavy atom. The molecule has 0 fully saturated rings. The maximum atomic E-state index is 11.2. The molecule has 18 heavy (non-hydrogen) atoms. The van der Waals surface area contributed by atoms with Crippen LogP contribution in [0.5, 0.6) is 0 Å². The van der Waals surface area contributed by atoms with Crippen molar-refractivity contribution in [3.8, 4) is 11.1 Å². The Labute approximate surface area is 111 Å². The number of hydrogen-bond acceptors (Lipinski definition) is 2. The third kappa shape index (κ3) is 2.99. The van der Waals surface area contributed by atoms with Gasteiger partial charge in [0, 0.05) is 29.7 Å². The number of alkyl halides is 1. The molecule has 0 radical (unpaired) electrons. The molecule has 0 saturated carbocycles. The number of carbonyl (C=O) groups is 1. The summed E-state index contributed by atoms with van der Waals surface area (Å²) < 4.78 is 1.89. The van der Waals surface area contributed by atoms with Gasteiger partial charge in [-0.15, -0.1) is 11.6 Å². The summed E-state index contributed by atoms with van der Waals surface area (Å²) in [6, 6.07) is 7.57. The minimum atomic E-state index is 0.0827.